The van der Waals surface area contributed by atoms with Crippen molar-refractivity contribution in [3.8, 4) is 5.75 Å². The van der Waals surface area contributed by atoms with Crippen LogP contribution in [0.25, 0.3) is 0 Å². The number of amides is 1. The van der Waals surface area contributed by atoms with Crippen LogP contribution in [0.15, 0.2) is 24.3 Å². The first kappa shape index (κ1) is 20.7. The largest absolute Gasteiger partial charge is 0.492 e. The van der Waals surface area contributed by atoms with Gasteiger partial charge in [0.25, 0.3) is 0 Å². The second-order valence-electron chi connectivity index (χ2n) is 5.58. The number of hydrogen-bond donors (Lipinski definition) is 2. The van der Waals surface area contributed by atoms with Gasteiger partial charge in [0.2, 0.25) is 5.91 Å². The first-order valence-corrected chi connectivity index (χ1v) is 8.26. The Morgan fingerprint density at radius 2 is 1.77 bits per heavy atom. The van der Waals surface area contributed by atoms with Crippen molar-refractivity contribution in [1.29, 1.82) is 0 Å². The number of hydrogen-bond acceptors (Lipinski definition) is 5. The Balaban J connectivity index is 0.00000441. The van der Waals surface area contributed by atoms with Gasteiger partial charge in [-0.25, -0.2) is 8.42 Å². The minimum Gasteiger partial charge on any atom is -0.492 e. The molecule has 0 aromatic heterocycles. The quantitative estimate of drug-likeness (QED) is 0.811. The Kier molecular flexibility index (Phi) is 7.86. The zero-order chi connectivity index (χ0) is 16.1. The highest BCUT2D eigenvalue weighted by Crippen LogP contribution is 2.18. The molecule has 22 heavy (non-hydrogen) atoms. The van der Waals surface area contributed by atoms with Crippen molar-refractivity contribution in [2.24, 2.45) is 5.73 Å². The van der Waals surface area contributed by atoms with E-state index in [0.717, 1.165) is 0 Å². The van der Waals surface area contributed by atoms with Crippen molar-refractivity contribution < 1.29 is 17.9 Å². The van der Waals surface area contributed by atoms with E-state index in [1.165, 1.54) is 0 Å². The van der Waals surface area contributed by atoms with E-state index in [9.17, 15) is 13.2 Å². The first-order chi connectivity index (χ1) is 9.65. The number of carbonyl (C=O) groups is 1. The predicted octanol–water partition coefficient (Wildman–Crippen LogP) is 1.60. The van der Waals surface area contributed by atoms with Gasteiger partial charge in [0.15, 0.2) is 9.84 Å². The summed E-state index contributed by atoms with van der Waals surface area (Å²) in [7, 11) is -3.49. The smallest absolute Gasteiger partial charge is 0.239 e. The number of sulfone groups is 1. The third-order valence-corrected chi connectivity index (χ3v) is 5.29. The standard InChI is InChI=1S/C14H22N2O4S.ClH/c1-14(2,3)21(18,19)10-13(17)16-11-4-6-12(7-5-11)20-9-8-15;/h4-7H,8-10,15H2,1-3H3,(H,16,17);1H. The highest BCUT2D eigenvalue weighted by molar-refractivity contribution is 7.93. The number of nitrogens with two attached hydrogens (primary N) is 1. The van der Waals surface area contributed by atoms with Gasteiger partial charge < -0.3 is 15.8 Å². The molecule has 0 aliphatic heterocycles. The van der Waals surface area contributed by atoms with E-state index < -0.39 is 26.2 Å². The lowest BCUT2D eigenvalue weighted by Gasteiger charge is -2.18. The van der Waals surface area contributed by atoms with E-state index in [4.69, 9.17) is 10.5 Å². The first-order valence-electron chi connectivity index (χ1n) is 6.61. The normalized spacial score (nSPS) is 11.5. The second-order valence-corrected chi connectivity index (χ2v) is 8.32. The van der Waals surface area contributed by atoms with Gasteiger partial charge in [-0.2, -0.15) is 0 Å². The Morgan fingerprint density at radius 1 is 1.23 bits per heavy atom. The van der Waals surface area contributed by atoms with Gasteiger partial charge in [-0.1, -0.05) is 0 Å². The van der Waals surface area contributed by atoms with Gasteiger partial charge in [-0.3, -0.25) is 4.79 Å². The lowest BCUT2D eigenvalue weighted by molar-refractivity contribution is -0.113. The number of halogens is 1. The van der Waals surface area contributed by atoms with Crippen LogP contribution in [0.5, 0.6) is 5.75 Å². The lowest BCUT2D eigenvalue weighted by Crippen LogP contribution is -2.35. The van der Waals surface area contributed by atoms with Crippen molar-refractivity contribution in [3.63, 3.8) is 0 Å². The molecule has 0 aliphatic rings. The van der Waals surface area contributed by atoms with Crippen LogP contribution in [0, 0.1) is 0 Å². The zero-order valence-electron chi connectivity index (χ0n) is 13.0. The molecule has 0 unspecified atom stereocenters. The van der Waals surface area contributed by atoms with E-state index in [1.54, 1.807) is 45.0 Å². The molecule has 8 heteroatoms. The molecule has 0 bridgehead atoms. The van der Waals surface area contributed by atoms with Crippen molar-refractivity contribution in [2.75, 3.05) is 24.2 Å². The Morgan fingerprint density at radius 3 is 2.23 bits per heavy atom. The number of carbonyl (C=O) groups excluding carboxylic acids is 1. The molecular weight excluding hydrogens is 328 g/mol. The van der Waals surface area contributed by atoms with Crippen LogP contribution >= 0.6 is 12.4 Å². The molecule has 0 heterocycles. The third-order valence-electron chi connectivity index (χ3n) is 2.78. The van der Waals surface area contributed by atoms with E-state index in [0.29, 0.717) is 24.6 Å². The predicted molar refractivity (Wildman–Crippen MR) is 90.4 cm³/mol. The van der Waals surface area contributed by atoms with Crippen LogP contribution in [0.2, 0.25) is 0 Å². The van der Waals surface area contributed by atoms with Gasteiger partial charge >= 0.3 is 0 Å². The van der Waals surface area contributed by atoms with Crippen molar-refractivity contribution >= 4 is 33.8 Å². The molecule has 0 saturated carbocycles. The van der Waals surface area contributed by atoms with Gasteiger partial charge in [0.05, 0.1) is 4.75 Å². The SMILES string of the molecule is CC(C)(C)S(=O)(=O)CC(=O)Nc1ccc(OCCN)cc1.Cl. The maximum atomic E-state index is 11.9. The fourth-order valence-corrected chi connectivity index (χ4v) is 2.25. The molecule has 1 aromatic rings. The second kappa shape index (κ2) is 8.36. The Hall–Kier alpha value is -1.31. The number of rotatable bonds is 6. The molecule has 1 aromatic carbocycles. The van der Waals surface area contributed by atoms with Crippen LogP contribution in [-0.2, 0) is 14.6 Å². The summed E-state index contributed by atoms with van der Waals surface area (Å²) in [4.78, 5) is 11.8. The van der Waals surface area contributed by atoms with E-state index in [2.05, 4.69) is 5.32 Å². The fraction of sp³-hybridized carbons (Fsp3) is 0.500. The molecular formula is C14H23ClN2O4S. The topological polar surface area (TPSA) is 98.5 Å². The molecule has 0 fully saturated rings. The highest BCUT2D eigenvalue weighted by atomic mass is 35.5. The maximum Gasteiger partial charge on any atom is 0.239 e. The Bertz CT molecular complexity index is 580. The zero-order valence-corrected chi connectivity index (χ0v) is 14.6. The third kappa shape index (κ3) is 6.21. The summed E-state index contributed by atoms with van der Waals surface area (Å²) >= 11 is 0. The lowest BCUT2D eigenvalue weighted by atomic mass is 10.3. The summed E-state index contributed by atoms with van der Waals surface area (Å²) in [5.74, 6) is -0.455. The molecule has 6 nitrogen and oxygen atoms in total. The Labute approximate surface area is 137 Å². The van der Waals surface area contributed by atoms with Gasteiger partial charge in [-0.05, 0) is 45.0 Å². The van der Waals surface area contributed by atoms with Crippen LogP contribution in [0.3, 0.4) is 0 Å². The monoisotopic (exact) mass is 350 g/mol. The molecule has 0 saturated heterocycles. The molecule has 0 radical (unpaired) electrons. The van der Waals surface area contributed by atoms with Crippen LogP contribution in [-0.4, -0.2) is 38.0 Å². The van der Waals surface area contributed by atoms with Crippen molar-refractivity contribution in [2.45, 2.75) is 25.5 Å². The average Bonchev–Trinajstić information content (AvgIpc) is 2.36. The van der Waals surface area contributed by atoms with Crippen LogP contribution in [0.1, 0.15) is 20.8 Å². The van der Waals surface area contributed by atoms with Gasteiger partial charge in [0.1, 0.15) is 18.1 Å². The fourth-order valence-electron chi connectivity index (χ4n) is 1.40. The van der Waals surface area contributed by atoms with Crippen LogP contribution < -0.4 is 15.8 Å². The van der Waals surface area contributed by atoms with E-state index in [-0.39, 0.29) is 12.4 Å². The summed E-state index contributed by atoms with van der Waals surface area (Å²) < 4.78 is 28.2. The van der Waals surface area contributed by atoms with E-state index in [1.807, 2.05) is 0 Å². The summed E-state index contributed by atoms with van der Waals surface area (Å²) in [5.41, 5.74) is 5.84. The molecule has 3 N–H and O–H groups in total. The summed E-state index contributed by atoms with van der Waals surface area (Å²) in [6.45, 7) is 5.54. The minimum absolute atomic E-state index is 0. The molecule has 1 rings (SSSR count). The number of benzene rings is 1. The van der Waals surface area contributed by atoms with Crippen molar-refractivity contribution in [3.05, 3.63) is 24.3 Å². The van der Waals surface area contributed by atoms with Gasteiger partial charge in [0, 0.05) is 12.2 Å². The summed E-state index contributed by atoms with van der Waals surface area (Å²) in [6, 6.07) is 6.66. The molecule has 1 amide bonds. The summed E-state index contributed by atoms with van der Waals surface area (Å²) in [5, 5.41) is 2.56. The average molecular weight is 351 g/mol. The molecule has 0 atom stereocenters. The number of nitrogens with one attached hydrogen (secondary N) is 1. The summed E-state index contributed by atoms with van der Waals surface area (Å²) in [6.07, 6.45) is 0. The van der Waals surface area contributed by atoms with E-state index >= 15 is 0 Å². The molecule has 0 spiro atoms. The van der Waals surface area contributed by atoms with Crippen molar-refractivity contribution in [1.82, 2.24) is 0 Å². The molecule has 0 aliphatic carbocycles. The minimum atomic E-state index is -3.49. The highest BCUT2D eigenvalue weighted by Gasteiger charge is 2.31. The number of ether oxygens (including phenoxy) is 1. The maximum absolute atomic E-state index is 11.9. The molecule has 126 valence electrons. The van der Waals surface area contributed by atoms with Crippen LogP contribution in [0.4, 0.5) is 5.69 Å². The van der Waals surface area contributed by atoms with Gasteiger partial charge in [-0.15, -0.1) is 12.4 Å². The number of anilines is 1.